The number of tetrazole rings is 1. The molecule has 1 rings (SSSR count). The number of aliphatic carboxylic acids is 1. The summed E-state index contributed by atoms with van der Waals surface area (Å²) in [7, 11) is 0. The van der Waals surface area contributed by atoms with E-state index in [4.69, 9.17) is 5.11 Å². The Kier molecular flexibility index (Phi) is 5.77. The second-order valence-corrected chi connectivity index (χ2v) is 3.78. The summed E-state index contributed by atoms with van der Waals surface area (Å²) in [5.74, 6) is -1.16. The maximum atomic E-state index is 11.7. The second kappa shape index (κ2) is 7.12. The molecule has 0 aliphatic heterocycles. The van der Waals surface area contributed by atoms with Gasteiger partial charge < -0.3 is 9.84 Å². The summed E-state index contributed by atoms with van der Waals surface area (Å²) in [5.41, 5.74) is 0. The van der Waals surface area contributed by atoms with E-state index in [1.165, 1.54) is 4.68 Å². The molecule has 7 nitrogen and oxygen atoms in total. The molecule has 0 spiro atoms. The number of carboxylic acids is 1. The van der Waals surface area contributed by atoms with E-state index in [-0.39, 0.29) is 18.9 Å². The van der Waals surface area contributed by atoms with Gasteiger partial charge in [0.25, 0.3) is 6.43 Å². The van der Waals surface area contributed by atoms with Gasteiger partial charge in [0.15, 0.2) is 0 Å². The number of rotatable bonds is 8. The fourth-order valence-corrected chi connectivity index (χ4v) is 1.51. The van der Waals surface area contributed by atoms with Crippen molar-refractivity contribution in [3.63, 3.8) is 0 Å². The monoisotopic (exact) mass is 268 g/mol. The number of carbonyl (C=O) groups is 1. The molecule has 0 bridgehead atoms. The molecule has 0 unspecified atom stereocenters. The van der Waals surface area contributed by atoms with Crippen molar-refractivity contribution in [2.24, 2.45) is 0 Å². The van der Waals surface area contributed by atoms with Crippen LogP contribution in [0.3, 0.4) is 0 Å². The number of nitrogens with zero attached hydrogens (tertiary/aromatic N) is 4. The lowest BCUT2D eigenvalue weighted by molar-refractivity contribution is -0.133. The molecule has 0 atom stereocenters. The quantitative estimate of drug-likeness (QED) is 0.529. The van der Waals surface area contributed by atoms with E-state index in [1.54, 1.807) is 0 Å². The molecule has 0 saturated heterocycles. The first kappa shape index (κ1) is 13.8. The number of ether oxygens (including phenoxy) is 1. The Labute approximate surface area is 99.1 Å². The average Bonchev–Trinajstić information content (AvgIpc) is 2.68. The normalized spacial score (nSPS) is 11.0. The van der Waals surface area contributed by atoms with E-state index in [1.807, 2.05) is 0 Å². The highest BCUT2D eigenvalue weighted by atomic mass is 32.2. The standard InChI is InChI=1S/C7H10F2N4O3S/c8-5(9)3-16-2-1-13-7(10-11-12-13)17-4-6(14)15/h5H,1-4H2,(H,14,15). The molecular formula is C7H10F2N4O3S. The van der Waals surface area contributed by atoms with E-state index < -0.39 is 19.0 Å². The van der Waals surface area contributed by atoms with E-state index >= 15 is 0 Å². The number of thioether (sulfide) groups is 1. The summed E-state index contributed by atoms with van der Waals surface area (Å²) in [6, 6.07) is 0. The summed E-state index contributed by atoms with van der Waals surface area (Å²) in [4.78, 5) is 10.3. The zero-order chi connectivity index (χ0) is 12.7. The molecule has 0 saturated carbocycles. The summed E-state index contributed by atoms with van der Waals surface area (Å²) in [6.07, 6.45) is -2.51. The fourth-order valence-electron chi connectivity index (χ4n) is 0.890. The van der Waals surface area contributed by atoms with Gasteiger partial charge in [0.1, 0.15) is 6.61 Å². The van der Waals surface area contributed by atoms with Crippen LogP contribution in [0.4, 0.5) is 8.78 Å². The van der Waals surface area contributed by atoms with E-state index in [9.17, 15) is 13.6 Å². The van der Waals surface area contributed by atoms with Crippen molar-refractivity contribution < 1.29 is 23.4 Å². The predicted octanol–water partition coefficient (Wildman–Crippen LogP) is 0.131. The van der Waals surface area contributed by atoms with E-state index in [2.05, 4.69) is 20.3 Å². The topological polar surface area (TPSA) is 90.1 Å². The largest absolute Gasteiger partial charge is 0.481 e. The van der Waals surface area contributed by atoms with Gasteiger partial charge in [0.2, 0.25) is 5.16 Å². The number of hydrogen-bond acceptors (Lipinski definition) is 6. The van der Waals surface area contributed by atoms with Gasteiger partial charge in [-0.3, -0.25) is 4.79 Å². The summed E-state index contributed by atoms with van der Waals surface area (Å²) >= 11 is 0.950. The van der Waals surface area contributed by atoms with Crippen LogP contribution in [0.5, 0.6) is 0 Å². The van der Waals surface area contributed by atoms with Crippen LogP contribution in [-0.4, -0.2) is 56.7 Å². The van der Waals surface area contributed by atoms with Gasteiger partial charge in [0, 0.05) is 0 Å². The molecule has 1 N–H and O–H groups in total. The number of halogens is 2. The average molecular weight is 268 g/mol. The Morgan fingerprint density at radius 3 is 3.00 bits per heavy atom. The summed E-state index contributed by atoms with van der Waals surface area (Å²) in [5, 5.41) is 19.3. The number of aromatic nitrogens is 4. The molecule has 0 amide bonds. The zero-order valence-corrected chi connectivity index (χ0v) is 9.44. The van der Waals surface area contributed by atoms with Crippen molar-refractivity contribution in [1.29, 1.82) is 0 Å². The Balaban J connectivity index is 2.32. The molecule has 10 heteroatoms. The van der Waals surface area contributed by atoms with Crippen LogP contribution in [0.25, 0.3) is 0 Å². The van der Waals surface area contributed by atoms with Gasteiger partial charge in [-0.1, -0.05) is 11.8 Å². The van der Waals surface area contributed by atoms with Gasteiger partial charge in [-0.15, -0.1) is 5.10 Å². The van der Waals surface area contributed by atoms with Gasteiger partial charge in [-0.05, 0) is 10.4 Å². The molecule has 1 heterocycles. The van der Waals surface area contributed by atoms with Gasteiger partial charge in [-0.25, -0.2) is 13.5 Å². The molecule has 0 fully saturated rings. The molecule has 1 aromatic heterocycles. The lowest BCUT2D eigenvalue weighted by atomic mass is 10.7. The first-order valence-corrected chi connectivity index (χ1v) is 5.55. The van der Waals surface area contributed by atoms with Gasteiger partial charge in [-0.2, -0.15) is 0 Å². The molecule has 0 aromatic carbocycles. The van der Waals surface area contributed by atoms with Crippen LogP contribution < -0.4 is 0 Å². The van der Waals surface area contributed by atoms with Gasteiger partial charge in [0.05, 0.1) is 18.9 Å². The summed E-state index contributed by atoms with van der Waals surface area (Å²) in [6.45, 7) is -0.405. The van der Waals surface area contributed by atoms with Crippen molar-refractivity contribution in [3.8, 4) is 0 Å². The minimum absolute atomic E-state index is 0.0377. The minimum atomic E-state index is -2.51. The molecular weight excluding hydrogens is 258 g/mol. The maximum Gasteiger partial charge on any atom is 0.313 e. The predicted molar refractivity (Wildman–Crippen MR) is 53.0 cm³/mol. The van der Waals surface area contributed by atoms with Crippen molar-refractivity contribution in [2.45, 2.75) is 18.1 Å². The number of alkyl halides is 2. The third-order valence-corrected chi connectivity index (χ3v) is 2.46. The minimum Gasteiger partial charge on any atom is -0.481 e. The van der Waals surface area contributed by atoms with Crippen LogP contribution in [0.2, 0.25) is 0 Å². The van der Waals surface area contributed by atoms with Crippen molar-refractivity contribution in [1.82, 2.24) is 20.2 Å². The Morgan fingerprint density at radius 2 is 2.35 bits per heavy atom. The third-order valence-electron chi connectivity index (χ3n) is 1.52. The first-order valence-electron chi connectivity index (χ1n) is 4.56. The van der Waals surface area contributed by atoms with Crippen LogP contribution in [0.1, 0.15) is 0 Å². The molecule has 96 valence electrons. The smallest absolute Gasteiger partial charge is 0.313 e. The first-order chi connectivity index (χ1) is 8.09. The van der Waals surface area contributed by atoms with Crippen LogP contribution in [0, 0.1) is 0 Å². The highest BCUT2D eigenvalue weighted by molar-refractivity contribution is 7.99. The van der Waals surface area contributed by atoms with E-state index in [0.29, 0.717) is 5.16 Å². The lowest BCUT2D eigenvalue weighted by Crippen LogP contribution is -2.12. The van der Waals surface area contributed by atoms with Crippen LogP contribution in [-0.2, 0) is 16.1 Å². The molecule has 1 aromatic rings. The highest BCUT2D eigenvalue weighted by Gasteiger charge is 2.09. The van der Waals surface area contributed by atoms with Crippen molar-refractivity contribution in [2.75, 3.05) is 19.0 Å². The third kappa shape index (κ3) is 5.54. The number of carboxylic acid groups (broad SMARTS) is 1. The highest BCUT2D eigenvalue weighted by Crippen LogP contribution is 2.12. The summed E-state index contributed by atoms with van der Waals surface area (Å²) < 4.78 is 29.5. The molecule has 0 aliphatic carbocycles. The second-order valence-electron chi connectivity index (χ2n) is 2.83. The van der Waals surface area contributed by atoms with Gasteiger partial charge >= 0.3 is 5.97 Å². The Morgan fingerprint density at radius 1 is 1.59 bits per heavy atom. The van der Waals surface area contributed by atoms with Crippen molar-refractivity contribution in [3.05, 3.63) is 0 Å². The Hall–Kier alpha value is -1.29. The maximum absolute atomic E-state index is 11.7. The molecule has 17 heavy (non-hydrogen) atoms. The zero-order valence-electron chi connectivity index (χ0n) is 8.62. The molecule has 0 aliphatic rings. The fraction of sp³-hybridized carbons (Fsp3) is 0.714. The van der Waals surface area contributed by atoms with Crippen LogP contribution in [0.15, 0.2) is 5.16 Å². The van der Waals surface area contributed by atoms with Crippen LogP contribution >= 0.6 is 11.8 Å². The number of hydrogen-bond donors (Lipinski definition) is 1. The molecule has 0 radical (unpaired) electrons. The Bertz CT molecular complexity index is 363. The lowest BCUT2D eigenvalue weighted by Gasteiger charge is -2.04. The van der Waals surface area contributed by atoms with E-state index in [0.717, 1.165) is 11.8 Å². The SMILES string of the molecule is O=C(O)CSc1nnnn1CCOCC(F)F. The van der Waals surface area contributed by atoms with Crippen molar-refractivity contribution >= 4 is 17.7 Å².